The van der Waals surface area contributed by atoms with Gasteiger partial charge >= 0.3 is 11.9 Å². The highest BCUT2D eigenvalue weighted by Crippen LogP contribution is 2.29. The van der Waals surface area contributed by atoms with Crippen LogP contribution in [0.1, 0.15) is 60.6 Å². The SMILES string of the molecule is CCOC(=O)c1sc2nc(C(C)C)n(CCCC(=O)O)c(=O)c2c1C. The zero-order valence-corrected chi connectivity index (χ0v) is 15.6. The van der Waals surface area contributed by atoms with Gasteiger partial charge in [-0.25, -0.2) is 9.78 Å². The smallest absolute Gasteiger partial charge is 0.348 e. The highest BCUT2D eigenvalue weighted by atomic mass is 32.1. The van der Waals surface area contributed by atoms with Gasteiger partial charge in [-0.1, -0.05) is 13.8 Å². The summed E-state index contributed by atoms with van der Waals surface area (Å²) in [6.45, 7) is 7.83. The Morgan fingerprint density at radius 1 is 1.36 bits per heavy atom. The number of ether oxygens (including phenoxy) is 1. The van der Waals surface area contributed by atoms with E-state index in [4.69, 9.17) is 9.84 Å². The molecule has 0 atom stereocenters. The molecule has 0 bridgehead atoms. The van der Waals surface area contributed by atoms with Crippen molar-refractivity contribution >= 4 is 33.5 Å². The van der Waals surface area contributed by atoms with Gasteiger partial charge in [-0.05, 0) is 25.8 Å². The second kappa shape index (κ2) is 7.77. The van der Waals surface area contributed by atoms with E-state index in [0.29, 0.717) is 32.9 Å². The van der Waals surface area contributed by atoms with Crippen LogP contribution in [0.2, 0.25) is 0 Å². The lowest BCUT2D eigenvalue weighted by molar-refractivity contribution is -0.137. The molecule has 0 spiro atoms. The van der Waals surface area contributed by atoms with Gasteiger partial charge in [0.2, 0.25) is 0 Å². The van der Waals surface area contributed by atoms with Gasteiger partial charge in [0, 0.05) is 18.9 Å². The highest BCUT2D eigenvalue weighted by molar-refractivity contribution is 7.20. The zero-order valence-electron chi connectivity index (χ0n) is 14.8. The third kappa shape index (κ3) is 3.89. The molecule has 0 aliphatic rings. The third-order valence-electron chi connectivity index (χ3n) is 3.83. The van der Waals surface area contributed by atoms with Crippen molar-refractivity contribution < 1.29 is 19.4 Å². The molecule has 2 rings (SSSR count). The van der Waals surface area contributed by atoms with E-state index in [2.05, 4.69) is 4.98 Å². The molecule has 2 aromatic heterocycles. The van der Waals surface area contributed by atoms with Gasteiger partial charge in [0.1, 0.15) is 15.5 Å². The number of aryl methyl sites for hydroxylation is 1. The van der Waals surface area contributed by atoms with Crippen molar-refractivity contribution in [1.82, 2.24) is 9.55 Å². The Hall–Kier alpha value is -2.22. The van der Waals surface area contributed by atoms with E-state index in [1.807, 2.05) is 13.8 Å². The lowest BCUT2D eigenvalue weighted by Crippen LogP contribution is -2.26. The number of thiophene rings is 1. The number of nitrogens with zero attached hydrogens (tertiary/aromatic N) is 2. The summed E-state index contributed by atoms with van der Waals surface area (Å²) in [5.74, 6) is -0.759. The first kappa shape index (κ1) is 19.1. The number of carboxylic acid groups (broad SMARTS) is 1. The van der Waals surface area contributed by atoms with Crippen molar-refractivity contribution in [1.29, 1.82) is 0 Å². The van der Waals surface area contributed by atoms with Crippen molar-refractivity contribution in [2.75, 3.05) is 6.61 Å². The van der Waals surface area contributed by atoms with Crippen molar-refractivity contribution in [3.05, 3.63) is 26.6 Å². The number of aromatic nitrogens is 2. The van der Waals surface area contributed by atoms with Crippen LogP contribution in [-0.2, 0) is 16.1 Å². The minimum atomic E-state index is -0.899. The molecule has 0 saturated heterocycles. The molecule has 2 heterocycles. The topological polar surface area (TPSA) is 98.5 Å². The summed E-state index contributed by atoms with van der Waals surface area (Å²) in [4.78, 5) is 41.3. The highest BCUT2D eigenvalue weighted by Gasteiger charge is 2.23. The Labute approximate surface area is 149 Å². The predicted molar refractivity (Wildman–Crippen MR) is 95.5 cm³/mol. The fourth-order valence-electron chi connectivity index (χ4n) is 2.67. The first-order valence-corrected chi connectivity index (χ1v) is 9.02. The molecule has 0 radical (unpaired) electrons. The van der Waals surface area contributed by atoms with Crippen LogP contribution < -0.4 is 5.56 Å². The molecule has 0 amide bonds. The standard InChI is InChI=1S/C17H22N2O5S/c1-5-24-17(23)13-10(4)12-15(25-13)18-14(9(2)3)19(16(12)22)8-6-7-11(20)21/h9H,5-8H2,1-4H3,(H,20,21). The van der Waals surface area contributed by atoms with Gasteiger partial charge in [0.25, 0.3) is 5.56 Å². The lowest BCUT2D eigenvalue weighted by atomic mass is 10.1. The minimum Gasteiger partial charge on any atom is -0.481 e. The third-order valence-corrected chi connectivity index (χ3v) is 5.00. The van der Waals surface area contributed by atoms with Gasteiger partial charge in [0.05, 0.1) is 12.0 Å². The summed E-state index contributed by atoms with van der Waals surface area (Å²) in [6.07, 6.45) is 0.328. The molecule has 2 aromatic rings. The van der Waals surface area contributed by atoms with Crippen molar-refractivity contribution in [2.45, 2.75) is 53.0 Å². The molecule has 0 aliphatic heterocycles. The van der Waals surface area contributed by atoms with Gasteiger partial charge < -0.3 is 9.84 Å². The number of fused-ring (bicyclic) bond motifs is 1. The van der Waals surface area contributed by atoms with Crippen molar-refractivity contribution in [3.63, 3.8) is 0 Å². The van der Waals surface area contributed by atoms with E-state index in [1.54, 1.807) is 13.8 Å². The van der Waals surface area contributed by atoms with Crippen LogP contribution in [0.4, 0.5) is 0 Å². The molecule has 8 heteroatoms. The second-order valence-electron chi connectivity index (χ2n) is 6.04. The number of carbonyl (C=O) groups excluding carboxylic acids is 1. The Kier molecular flexibility index (Phi) is 5.94. The molecule has 25 heavy (non-hydrogen) atoms. The molecular weight excluding hydrogens is 344 g/mol. The van der Waals surface area contributed by atoms with Crippen LogP contribution in [0.25, 0.3) is 10.2 Å². The zero-order chi connectivity index (χ0) is 18.7. The van der Waals surface area contributed by atoms with E-state index in [1.165, 1.54) is 4.57 Å². The average molecular weight is 366 g/mol. The van der Waals surface area contributed by atoms with E-state index in [-0.39, 0.29) is 31.0 Å². The number of carboxylic acids is 1. The molecule has 0 saturated carbocycles. The summed E-state index contributed by atoms with van der Waals surface area (Å²) < 4.78 is 6.58. The normalized spacial score (nSPS) is 11.2. The summed E-state index contributed by atoms with van der Waals surface area (Å²) in [5, 5.41) is 9.23. The van der Waals surface area contributed by atoms with E-state index >= 15 is 0 Å². The Morgan fingerprint density at radius 2 is 2.04 bits per heavy atom. The number of esters is 1. The Bertz CT molecular complexity index is 866. The summed E-state index contributed by atoms with van der Waals surface area (Å²) in [5.41, 5.74) is 0.335. The monoisotopic (exact) mass is 366 g/mol. The van der Waals surface area contributed by atoms with Crippen LogP contribution >= 0.6 is 11.3 Å². The molecule has 0 aliphatic carbocycles. The summed E-state index contributed by atoms with van der Waals surface area (Å²) in [6, 6.07) is 0. The Morgan fingerprint density at radius 3 is 2.60 bits per heavy atom. The minimum absolute atomic E-state index is 0.00428. The molecule has 0 fully saturated rings. The molecular formula is C17H22N2O5S. The predicted octanol–water partition coefficient (Wildman–Crippen LogP) is 2.93. The lowest BCUT2D eigenvalue weighted by Gasteiger charge is -2.14. The number of carbonyl (C=O) groups is 2. The number of hydrogen-bond donors (Lipinski definition) is 1. The number of rotatable bonds is 7. The molecule has 136 valence electrons. The largest absolute Gasteiger partial charge is 0.481 e. The van der Waals surface area contributed by atoms with Crippen LogP contribution in [0, 0.1) is 6.92 Å². The van der Waals surface area contributed by atoms with Crippen molar-refractivity contribution in [2.24, 2.45) is 0 Å². The van der Waals surface area contributed by atoms with Crippen LogP contribution in [0.5, 0.6) is 0 Å². The first-order chi connectivity index (χ1) is 11.8. The van der Waals surface area contributed by atoms with Crippen LogP contribution in [-0.4, -0.2) is 33.2 Å². The summed E-state index contributed by atoms with van der Waals surface area (Å²) in [7, 11) is 0. The van der Waals surface area contributed by atoms with Gasteiger partial charge in [0.15, 0.2) is 0 Å². The first-order valence-electron chi connectivity index (χ1n) is 8.20. The quantitative estimate of drug-likeness (QED) is 0.757. The van der Waals surface area contributed by atoms with E-state index in [9.17, 15) is 14.4 Å². The van der Waals surface area contributed by atoms with Gasteiger partial charge in [-0.3, -0.25) is 14.2 Å². The summed E-state index contributed by atoms with van der Waals surface area (Å²) >= 11 is 1.16. The average Bonchev–Trinajstić information content (AvgIpc) is 2.86. The number of aliphatic carboxylic acids is 1. The van der Waals surface area contributed by atoms with Crippen LogP contribution in [0.3, 0.4) is 0 Å². The fraction of sp³-hybridized carbons (Fsp3) is 0.529. The Balaban J connectivity index is 2.59. The molecule has 7 nitrogen and oxygen atoms in total. The van der Waals surface area contributed by atoms with E-state index < -0.39 is 11.9 Å². The fourth-order valence-corrected chi connectivity index (χ4v) is 3.74. The van der Waals surface area contributed by atoms with Gasteiger partial charge in [-0.15, -0.1) is 11.3 Å². The maximum atomic E-state index is 13.0. The van der Waals surface area contributed by atoms with E-state index in [0.717, 1.165) is 11.3 Å². The molecule has 0 aromatic carbocycles. The maximum absolute atomic E-state index is 13.0. The van der Waals surface area contributed by atoms with Gasteiger partial charge in [-0.2, -0.15) is 0 Å². The molecule has 0 unspecified atom stereocenters. The maximum Gasteiger partial charge on any atom is 0.348 e. The number of hydrogen-bond acceptors (Lipinski definition) is 6. The van der Waals surface area contributed by atoms with Crippen molar-refractivity contribution in [3.8, 4) is 0 Å². The second-order valence-corrected chi connectivity index (χ2v) is 7.03. The van der Waals surface area contributed by atoms with Crippen LogP contribution in [0.15, 0.2) is 4.79 Å². The molecule has 1 N–H and O–H groups in total.